The van der Waals surface area contributed by atoms with Gasteiger partial charge in [-0.15, -0.1) is 0 Å². The van der Waals surface area contributed by atoms with E-state index in [1.807, 2.05) is 11.8 Å². The fraction of sp³-hybridized carbons (Fsp3) is 0.462. The smallest absolute Gasteiger partial charge is 0.387 e. The minimum Gasteiger partial charge on any atom is -0.387 e. The number of rotatable bonds is 5. The lowest BCUT2D eigenvalue weighted by atomic mass is 10.1. The topological polar surface area (TPSA) is 53.1 Å². The normalized spacial score (nSPS) is 13.6. The highest BCUT2D eigenvalue weighted by Gasteiger charge is 2.30. The van der Waals surface area contributed by atoms with Crippen molar-refractivity contribution in [3.05, 3.63) is 35.4 Å². The number of hydrogen-bond donors (Lipinski definition) is 2. The molecule has 0 radical (unpaired) electrons. The molecule has 0 amide bonds. The lowest BCUT2D eigenvalue weighted by molar-refractivity contribution is -0.137. The standard InChI is InChI=1S/C13H18F3N3/c1-9(12(17)18)7-19(2)8-10-4-3-5-11(6-10)13(14,15)16/h3-6,9H,7-8H2,1-2H3,(H3,17,18). The third-order valence-electron chi connectivity index (χ3n) is 2.82. The third-order valence-corrected chi connectivity index (χ3v) is 2.82. The molecule has 1 aromatic carbocycles. The van der Waals surface area contributed by atoms with Crippen molar-refractivity contribution in [1.29, 1.82) is 5.41 Å². The summed E-state index contributed by atoms with van der Waals surface area (Å²) in [6.07, 6.45) is -4.32. The number of nitrogens with one attached hydrogen (secondary N) is 1. The zero-order chi connectivity index (χ0) is 14.6. The fourth-order valence-corrected chi connectivity index (χ4v) is 1.79. The summed E-state index contributed by atoms with van der Waals surface area (Å²) >= 11 is 0. The first kappa shape index (κ1) is 15.5. The van der Waals surface area contributed by atoms with Gasteiger partial charge in [0.05, 0.1) is 11.4 Å². The second kappa shape index (κ2) is 6.06. The van der Waals surface area contributed by atoms with Crippen LogP contribution in [0.25, 0.3) is 0 Å². The lowest BCUT2D eigenvalue weighted by Gasteiger charge is -2.21. The SMILES string of the molecule is CC(CN(C)Cc1cccc(C(F)(F)F)c1)C(=N)N. The van der Waals surface area contributed by atoms with Gasteiger partial charge in [0.15, 0.2) is 0 Å². The van der Waals surface area contributed by atoms with Gasteiger partial charge in [0.2, 0.25) is 0 Å². The Balaban J connectivity index is 2.70. The predicted molar refractivity (Wildman–Crippen MR) is 68.9 cm³/mol. The quantitative estimate of drug-likeness (QED) is 0.640. The van der Waals surface area contributed by atoms with E-state index >= 15 is 0 Å². The van der Waals surface area contributed by atoms with E-state index in [2.05, 4.69) is 0 Å². The molecule has 0 saturated heterocycles. The van der Waals surface area contributed by atoms with Gasteiger partial charge in [0.25, 0.3) is 0 Å². The van der Waals surface area contributed by atoms with E-state index in [0.29, 0.717) is 18.7 Å². The molecule has 0 spiro atoms. The van der Waals surface area contributed by atoms with Crippen LogP contribution in [0.5, 0.6) is 0 Å². The van der Waals surface area contributed by atoms with Crippen molar-refractivity contribution < 1.29 is 13.2 Å². The van der Waals surface area contributed by atoms with Crippen LogP contribution in [0.15, 0.2) is 24.3 Å². The van der Waals surface area contributed by atoms with Crippen LogP contribution < -0.4 is 5.73 Å². The molecular formula is C13H18F3N3. The molecule has 0 aromatic heterocycles. The summed E-state index contributed by atoms with van der Waals surface area (Å²) in [6, 6.07) is 5.27. The zero-order valence-corrected chi connectivity index (χ0v) is 11.0. The molecule has 6 heteroatoms. The van der Waals surface area contributed by atoms with E-state index < -0.39 is 11.7 Å². The maximum absolute atomic E-state index is 12.6. The predicted octanol–water partition coefficient (Wildman–Crippen LogP) is 2.71. The van der Waals surface area contributed by atoms with Crippen molar-refractivity contribution in [2.75, 3.05) is 13.6 Å². The Morgan fingerprint density at radius 2 is 2.05 bits per heavy atom. The molecule has 1 aromatic rings. The molecule has 0 aliphatic heterocycles. The maximum Gasteiger partial charge on any atom is 0.416 e. The largest absolute Gasteiger partial charge is 0.416 e. The number of hydrogen-bond acceptors (Lipinski definition) is 2. The van der Waals surface area contributed by atoms with E-state index in [1.54, 1.807) is 13.1 Å². The average Bonchev–Trinajstić information content (AvgIpc) is 2.27. The van der Waals surface area contributed by atoms with Crippen LogP contribution >= 0.6 is 0 Å². The van der Waals surface area contributed by atoms with Gasteiger partial charge >= 0.3 is 6.18 Å². The summed E-state index contributed by atoms with van der Waals surface area (Å²) in [6.45, 7) is 2.73. The van der Waals surface area contributed by atoms with Crippen molar-refractivity contribution in [2.24, 2.45) is 11.7 Å². The summed E-state index contributed by atoms with van der Waals surface area (Å²) in [5.41, 5.74) is 5.32. The van der Waals surface area contributed by atoms with Gasteiger partial charge in [-0.25, -0.2) is 0 Å². The molecule has 0 aliphatic rings. The fourth-order valence-electron chi connectivity index (χ4n) is 1.79. The van der Waals surface area contributed by atoms with Crippen LogP contribution in [0.4, 0.5) is 13.2 Å². The van der Waals surface area contributed by atoms with Crippen LogP contribution in [-0.2, 0) is 12.7 Å². The number of amidine groups is 1. The summed E-state index contributed by atoms with van der Waals surface area (Å²) in [5.74, 6) is -0.0355. The molecule has 0 aliphatic carbocycles. The molecule has 0 saturated carbocycles. The first-order valence-corrected chi connectivity index (χ1v) is 5.88. The van der Waals surface area contributed by atoms with Crippen molar-refractivity contribution in [3.63, 3.8) is 0 Å². The highest BCUT2D eigenvalue weighted by Crippen LogP contribution is 2.29. The van der Waals surface area contributed by atoms with Crippen molar-refractivity contribution in [3.8, 4) is 0 Å². The zero-order valence-electron chi connectivity index (χ0n) is 11.0. The number of nitrogens with two attached hydrogens (primary N) is 1. The number of alkyl halides is 3. The van der Waals surface area contributed by atoms with Gasteiger partial charge in [-0.2, -0.15) is 13.2 Å². The number of benzene rings is 1. The van der Waals surface area contributed by atoms with Gasteiger partial charge in [-0.3, -0.25) is 5.41 Å². The summed E-state index contributed by atoms with van der Waals surface area (Å²) in [4.78, 5) is 1.85. The number of nitrogens with zero attached hydrogens (tertiary/aromatic N) is 1. The van der Waals surface area contributed by atoms with Crippen LogP contribution in [0, 0.1) is 11.3 Å². The Labute approximate surface area is 110 Å². The molecule has 1 rings (SSSR count). The third kappa shape index (κ3) is 4.90. The Bertz CT molecular complexity index is 443. The summed E-state index contributed by atoms with van der Waals surface area (Å²) < 4.78 is 37.7. The highest BCUT2D eigenvalue weighted by atomic mass is 19.4. The van der Waals surface area contributed by atoms with E-state index in [9.17, 15) is 13.2 Å². The van der Waals surface area contributed by atoms with E-state index in [0.717, 1.165) is 12.1 Å². The van der Waals surface area contributed by atoms with Crippen LogP contribution in [0.3, 0.4) is 0 Å². The summed E-state index contributed by atoms with van der Waals surface area (Å²) in [7, 11) is 1.79. The second-order valence-corrected chi connectivity index (χ2v) is 4.75. The highest BCUT2D eigenvalue weighted by molar-refractivity contribution is 5.79. The molecule has 3 N–H and O–H groups in total. The van der Waals surface area contributed by atoms with E-state index in [-0.39, 0.29) is 11.8 Å². The molecule has 0 bridgehead atoms. The summed E-state index contributed by atoms with van der Waals surface area (Å²) in [5, 5.41) is 7.29. The Hall–Kier alpha value is -1.56. The van der Waals surface area contributed by atoms with Gasteiger partial charge < -0.3 is 10.6 Å². The van der Waals surface area contributed by atoms with Crippen molar-refractivity contribution >= 4 is 5.84 Å². The number of halogens is 3. The second-order valence-electron chi connectivity index (χ2n) is 4.75. The van der Waals surface area contributed by atoms with Crippen molar-refractivity contribution in [2.45, 2.75) is 19.6 Å². The van der Waals surface area contributed by atoms with Crippen molar-refractivity contribution in [1.82, 2.24) is 4.90 Å². The molecule has 19 heavy (non-hydrogen) atoms. The van der Waals surface area contributed by atoms with Gasteiger partial charge in [0.1, 0.15) is 0 Å². The van der Waals surface area contributed by atoms with E-state index in [4.69, 9.17) is 11.1 Å². The van der Waals surface area contributed by atoms with Crippen LogP contribution in [0.2, 0.25) is 0 Å². The first-order chi connectivity index (χ1) is 8.70. The lowest BCUT2D eigenvalue weighted by Crippen LogP contribution is -2.31. The molecule has 3 nitrogen and oxygen atoms in total. The van der Waals surface area contributed by atoms with Gasteiger partial charge in [-0.1, -0.05) is 25.1 Å². The Morgan fingerprint density at radius 1 is 1.42 bits per heavy atom. The van der Waals surface area contributed by atoms with Crippen LogP contribution in [-0.4, -0.2) is 24.3 Å². The molecule has 106 valence electrons. The maximum atomic E-state index is 12.6. The minimum atomic E-state index is -4.32. The molecule has 1 unspecified atom stereocenters. The van der Waals surface area contributed by atoms with Gasteiger partial charge in [-0.05, 0) is 18.7 Å². The average molecular weight is 273 g/mol. The van der Waals surface area contributed by atoms with E-state index in [1.165, 1.54) is 6.07 Å². The molecule has 0 fully saturated rings. The Morgan fingerprint density at radius 3 is 2.58 bits per heavy atom. The molecule has 1 atom stereocenters. The van der Waals surface area contributed by atoms with Gasteiger partial charge in [0, 0.05) is 19.0 Å². The molecular weight excluding hydrogens is 255 g/mol. The monoisotopic (exact) mass is 273 g/mol. The minimum absolute atomic E-state index is 0.0795. The molecule has 0 heterocycles. The first-order valence-electron chi connectivity index (χ1n) is 5.88. The Kier molecular flexibility index (Phi) is 4.94. The van der Waals surface area contributed by atoms with Crippen LogP contribution in [0.1, 0.15) is 18.1 Å².